The number of aliphatic hydroxyl groups excluding tert-OH is 1. The quantitative estimate of drug-likeness (QED) is 0.773. The van der Waals surface area contributed by atoms with Crippen LogP contribution in [0, 0.1) is 13.8 Å². The predicted molar refractivity (Wildman–Crippen MR) is 88.0 cm³/mol. The molecule has 3 aromatic rings. The van der Waals surface area contributed by atoms with Gasteiger partial charge in [0, 0.05) is 17.1 Å². The number of benzene rings is 2. The maximum absolute atomic E-state index is 12.9. The molecule has 0 aliphatic carbocycles. The molecule has 0 amide bonds. The van der Waals surface area contributed by atoms with Gasteiger partial charge in [-0.3, -0.25) is 0 Å². The van der Waals surface area contributed by atoms with Crippen LogP contribution in [0.5, 0.6) is 5.75 Å². The molecular weight excluding hydrogens is 314 g/mol. The Bertz CT molecular complexity index is 986. The number of rotatable bonds is 3. The zero-order chi connectivity index (χ0) is 16.8. The summed E-state index contributed by atoms with van der Waals surface area (Å²) in [5.74, 6) is -0.0389. The van der Waals surface area contributed by atoms with Crippen LogP contribution in [0.1, 0.15) is 16.7 Å². The number of nitrogens with zero attached hydrogens (tertiary/aromatic N) is 1. The molecule has 1 heterocycles. The summed E-state index contributed by atoms with van der Waals surface area (Å²) < 4.78 is 27.0. The predicted octanol–water partition coefficient (Wildman–Crippen LogP) is 2.69. The minimum atomic E-state index is -3.75. The lowest BCUT2D eigenvalue weighted by molar-refractivity contribution is 0.277. The Morgan fingerprint density at radius 2 is 1.74 bits per heavy atom. The molecular formula is C17H17NO4S. The van der Waals surface area contributed by atoms with Crippen LogP contribution in [0.15, 0.2) is 47.5 Å². The van der Waals surface area contributed by atoms with Gasteiger partial charge in [-0.2, -0.15) is 0 Å². The zero-order valence-electron chi connectivity index (χ0n) is 12.8. The molecule has 5 nitrogen and oxygen atoms in total. The van der Waals surface area contributed by atoms with Crippen LogP contribution in [0.25, 0.3) is 10.9 Å². The van der Waals surface area contributed by atoms with E-state index in [1.165, 1.54) is 16.2 Å². The number of hydrogen-bond donors (Lipinski definition) is 2. The van der Waals surface area contributed by atoms with E-state index >= 15 is 0 Å². The van der Waals surface area contributed by atoms with E-state index in [2.05, 4.69) is 0 Å². The van der Waals surface area contributed by atoms with E-state index in [1.807, 2.05) is 6.92 Å². The maximum Gasteiger partial charge on any atom is 0.268 e. The largest absolute Gasteiger partial charge is 0.508 e. The first-order valence-corrected chi connectivity index (χ1v) is 8.56. The highest BCUT2D eigenvalue weighted by Crippen LogP contribution is 2.33. The number of aromatic hydroxyl groups is 1. The van der Waals surface area contributed by atoms with Gasteiger partial charge >= 0.3 is 0 Å². The third-order valence-corrected chi connectivity index (χ3v) is 5.64. The van der Waals surface area contributed by atoms with E-state index in [0.717, 1.165) is 5.56 Å². The Balaban J connectivity index is 2.31. The summed E-state index contributed by atoms with van der Waals surface area (Å²) in [7, 11) is -3.75. The second-order valence-corrected chi connectivity index (χ2v) is 7.36. The summed E-state index contributed by atoms with van der Waals surface area (Å²) in [6.45, 7) is 3.25. The third-order valence-electron chi connectivity index (χ3n) is 3.95. The molecule has 0 aliphatic heterocycles. The highest BCUT2D eigenvalue weighted by Gasteiger charge is 2.22. The van der Waals surface area contributed by atoms with Crippen molar-refractivity contribution in [1.82, 2.24) is 3.97 Å². The summed E-state index contributed by atoms with van der Waals surface area (Å²) in [6, 6.07) is 9.69. The zero-order valence-corrected chi connectivity index (χ0v) is 13.6. The van der Waals surface area contributed by atoms with Crippen molar-refractivity contribution < 1.29 is 18.6 Å². The van der Waals surface area contributed by atoms with Gasteiger partial charge in [0.25, 0.3) is 10.0 Å². The van der Waals surface area contributed by atoms with Gasteiger partial charge in [0.05, 0.1) is 17.0 Å². The van der Waals surface area contributed by atoms with Crippen LogP contribution in [0.4, 0.5) is 0 Å². The van der Waals surface area contributed by atoms with Crippen LogP contribution in [-0.2, 0) is 16.6 Å². The van der Waals surface area contributed by atoms with Gasteiger partial charge < -0.3 is 10.2 Å². The molecule has 0 saturated carbocycles. The minimum absolute atomic E-state index is 0.0389. The van der Waals surface area contributed by atoms with Gasteiger partial charge in [-0.25, -0.2) is 12.4 Å². The van der Waals surface area contributed by atoms with Gasteiger partial charge in [0.1, 0.15) is 5.75 Å². The van der Waals surface area contributed by atoms with Crippen molar-refractivity contribution in [2.24, 2.45) is 0 Å². The van der Waals surface area contributed by atoms with Crippen LogP contribution in [-0.4, -0.2) is 22.6 Å². The van der Waals surface area contributed by atoms with Gasteiger partial charge in [-0.15, -0.1) is 0 Å². The van der Waals surface area contributed by atoms with Gasteiger partial charge in [0.2, 0.25) is 0 Å². The molecule has 0 spiro atoms. The Hall–Kier alpha value is -2.31. The first-order chi connectivity index (χ1) is 10.9. The van der Waals surface area contributed by atoms with E-state index in [0.29, 0.717) is 22.0 Å². The number of fused-ring (bicyclic) bond motifs is 1. The molecule has 2 aromatic carbocycles. The van der Waals surface area contributed by atoms with Gasteiger partial charge in [0.15, 0.2) is 0 Å². The monoisotopic (exact) mass is 331 g/mol. The summed E-state index contributed by atoms with van der Waals surface area (Å²) in [6.07, 6.45) is 1.45. The molecule has 23 heavy (non-hydrogen) atoms. The van der Waals surface area contributed by atoms with Crippen molar-refractivity contribution in [3.05, 3.63) is 59.3 Å². The highest BCUT2D eigenvalue weighted by molar-refractivity contribution is 7.90. The van der Waals surface area contributed by atoms with Crippen LogP contribution >= 0.6 is 0 Å². The lowest BCUT2D eigenvalue weighted by Crippen LogP contribution is -2.12. The molecule has 1 aromatic heterocycles. The van der Waals surface area contributed by atoms with Crippen molar-refractivity contribution in [3.63, 3.8) is 0 Å². The lowest BCUT2D eigenvalue weighted by atomic mass is 10.1. The van der Waals surface area contributed by atoms with Crippen LogP contribution < -0.4 is 0 Å². The Labute approximate surface area is 134 Å². The number of phenols is 1. The van der Waals surface area contributed by atoms with Crippen molar-refractivity contribution in [2.45, 2.75) is 25.3 Å². The number of aryl methyl sites for hydroxylation is 2. The number of hydrogen-bond acceptors (Lipinski definition) is 4. The van der Waals surface area contributed by atoms with E-state index in [4.69, 9.17) is 0 Å². The average Bonchev–Trinajstić information content (AvgIpc) is 2.94. The standard InChI is InChI=1S/C17H17NO4S/c1-11-3-5-13(6-4-11)23(21,22)18-8-7-14-15(10-19)16(20)9-12(2)17(14)18/h3-9,19-20H,10H2,1-2H3. The van der Waals surface area contributed by atoms with Crippen molar-refractivity contribution in [2.75, 3.05) is 0 Å². The second kappa shape index (κ2) is 5.40. The van der Waals surface area contributed by atoms with Gasteiger partial charge in [-0.05, 0) is 43.7 Å². The van der Waals surface area contributed by atoms with Gasteiger partial charge in [-0.1, -0.05) is 17.7 Å². The highest BCUT2D eigenvalue weighted by atomic mass is 32.2. The Kier molecular flexibility index (Phi) is 3.66. The molecule has 0 bridgehead atoms. The van der Waals surface area contributed by atoms with Crippen molar-refractivity contribution >= 4 is 20.9 Å². The lowest BCUT2D eigenvalue weighted by Gasteiger charge is -2.11. The molecule has 0 atom stereocenters. The van der Waals surface area contributed by atoms with Crippen molar-refractivity contribution in [3.8, 4) is 5.75 Å². The molecule has 6 heteroatoms. The smallest absolute Gasteiger partial charge is 0.268 e. The molecule has 0 fully saturated rings. The van der Waals surface area contributed by atoms with Crippen molar-refractivity contribution in [1.29, 1.82) is 0 Å². The maximum atomic E-state index is 12.9. The SMILES string of the molecule is Cc1ccc(S(=O)(=O)n2ccc3c(CO)c(O)cc(C)c32)cc1. The normalized spacial score (nSPS) is 12.0. The number of aromatic nitrogens is 1. The molecule has 120 valence electrons. The third kappa shape index (κ3) is 2.40. The van der Waals surface area contributed by atoms with E-state index < -0.39 is 10.0 Å². The summed E-state index contributed by atoms with van der Waals surface area (Å²) >= 11 is 0. The fourth-order valence-electron chi connectivity index (χ4n) is 2.73. The molecule has 0 radical (unpaired) electrons. The average molecular weight is 331 g/mol. The minimum Gasteiger partial charge on any atom is -0.508 e. The fourth-order valence-corrected chi connectivity index (χ4v) is 4.14. The van der Waals surface area contributed by atoms with E-state index in [1.54, 1.807) is 37.3 Å². The molecule has 3 rings (SSSR count). The summed E-state index contributed by atoms with van der Waals surface area (Å²) in [5.41, 5.74) is 2.39. The fraction of sp³-hybridized carbons (Fsp3) is 0.176. The number of aliphatic hydroxyl groups is 1. The summed E-state index contributed by atoms with van der Waals surface area (Å²) in [5, 5.41) is 19.9. The Morgan fingerprint density at radius 3 is 2.35 bits per heavy atom. The first-order valence-electron chi connectivity index (χ1n) is 7.12. The van der Waals surface area contributed by atoms with Crippen LogP contribution in [0.2, 0.25) is 0 Å². The van der Waals surface area contributed by atoms with Crippen LogP contribution in [0.3, 0.4) is 0 Å². The molecule has 2 N–H and O–H groups in total. The first kappa shape index (κ1) is 15.6. The second-order valence-electron chi connectivity index (χ2n) is 5.54. The molecule has 0 aliphatic rings. The topological polar surface area (TPSA) is 79.5 Å². The molecule has 0 unspecified atom stereocenters. The molecule has 0 saturated heterocycles. The van der Waals surface area contributed by atoms with E-state index in [-0.39, 0.29) is 17.3 Å². The van der Waals surface area contributed by atoms with E-state index in [9.17, 15) is 18.6 Å². The Morgan fingerprint density at radius 1 is 1.09 bits per heavy atom. The summed E-state index contributed by atoms with van der Waals surface area (Å²) in [4.78, 5) is 0.193.